The summed E-state index contributed by atoms with van der Waals surface area (Å²) in [5.41, 5.74) is 0. The lowest BCUT2D eigenvalue weighted by atomic mass is 10.5. The highest BCUT2D eigenvalue weighted by molar-refractivity contribution is 6.29. The lowest BCUT2D eigenvalue weighted by Crippen LogP contribution is -2.23. The molecular weight excluding hydrogens is 206 g/mol. The van der Waals surface area contributed by atoms with Crippen LogP contribution in [0.2, 0.25) is 5.15 Å². The van der Waals surface area contributed by atoms with Gasteiger partial charge in [0.15, 0.2) is 6.29 Å². The Bertz CT molecular complexity index is 281. The number of hydrogen-bond acceptors (Lipinski definition) is 5. The molecule has 1 rings (SSSR count). The number of halogens is 1. The standard InChI is InChI=1S/C8H12ClN3O2/c1-13-8(14-2)4-10-7-3-6(9)11-5-12-7/h3,5,8H,4H2,1-2H3,(H,10,11,12). The third kappa shape index (κ3) is 3.45. The van der Waals surface area contributed by atoms with Gasteiger partial charge in [0.05, 0.1) is 6.54 Å². The van der Waals surface area contributed by atoms with Crippen molar-refractivity contribution in [2.75, 3.05) is 26.1 Å². The summed E-state index contributed by atoms with van der Waals surface area (Å²) in [6.07, 6.45) is 1.09. The maximum atomic E-state index is 5.67. The summed E-state index contributed by atoms with van der Waals surface area (Å²) in [6, 6.07) is 1.63. The van der Waals surface area contributed by atoms with Gasteiger partial charge in [-0.2, -0.15) is 0 Å². The van der Waals surface area contributed by atoms with Gasteiger partial charge in [0, 0.05) is 20.3 Å². The molecule has 6 heteroatoms. The predicted molar refractivity (Wildman–Crippen MR) is 53.3 cm³/mol. The molecule has 0 amide bonds. The van der Waals surface area contributed by atoms with E-state index in [1.165, 1.54) is 6.33 Å². The Hall–Kier alpha value is -0.910. The van der Waals surface area contributed by atoms with E-state index >= 15 is 0 Å². The van der Waals surface area contributed by atoms with Crippen LogP contribution in [0, 0.1) is 0 Å². The Morgan fingerprint density at radius 3 is 2.71 bits per heavy atom. The van der Waals surface area contributed by atoms with Gasteiger partial charge in [0.1, 0.15) is 17.3 Å². The molecule has 0 fully saturated rings. The summed E-state index contributed by atoms with van der Waals surface area (Å²) in [4.78, 5) is 7.72. The van der Waals surface area contributed by atoms with Gasteiger partial charge >= 0.3 is 0 Å². The van der Waals surface area contributed by atoms with Crippen molar-refractivity contribution in [2.45, 2.75) is 6.29 Å². The van der Waals surface area contributed by atoms with Crippen LogP contribution >= 0.6 is 11.6 Å². The van der Waals surface area contributed by atoms with Crippen LogP contribution in [0.4, 0.5) is 5.82 Å². The quantitative estimate of drug-likeness (QED) is 0.593. The van der Waals surface area contributed by atoms with E-state index in [1.54, 1.807) is 20.3 Å². The molecule has 0 aliphatic carbocycles. The summed E-state index contributed by atoms with van der Waals surface area (Å²) in [7, 11) is 3.14. The molecule has 0 aliphatic heterocycles. The number of rotatable bonds is 5. The average molecular weight is 218 g/mol. The van der Waals surface area contributed by atoms with Crippen LogP contribution in [0.15, 0.2) is 12.4 Å². The summed E-state index contributed by atoms with van der Waals surface area (Å²) in [5, 5.41) is 3.40. The lowest BCUT2D eigenvalue weighted by molar-refractivity contribution is -0.0914. The van der Waals surface area contributed by atoms with E-state index in [9.17, 15) is 0 Å². The van der Waals surface area contributed by atoms with Crippen LogP contribution in [-0.2, 0) is 9.47 Å². The Kier molecular flexibility index (Phi) is 4.58. The maximum absolute atomic E-state index is 5.67. The summed E-state index contributed by atoms with van der Waals surface area (Å²) in [5.74, 6) is 0.643. The minimum atomic E-state index is -0.302. The van der Waals surface area contributed by atoms with Crippen molar-refractivity contribution in [1.82, 2.24) is 9.97 Å². The Labute approximate surface area is 87.4 Å². The molecule has 1 heterocycles. The van der Waals surface area contributed by atoms with Gasteiger partial charge in [-0.15, -0.1) is 0 Å². The third-order valence-electron chi connectivity index (χ3n) is 1.61. The van der Waals surface area contributed by atoms with Crippen LogP contribution < -0.4 is 5.32 Å². The molecule has 14 heavy (non-hydrogen) atoms. The molecular formula is C8H12ClN3O2. The molecule has 1 aromatic rings. The fraction of sp³-hybridized carbons (Fsp3) is 0.500. The second-order valence-corrected chi connectivity index (χ2v) is 2.90. The molecule has 0 bridgehead atoms. The highest BCUT2D eigenvalue weighted by Crippen LogP contribution is 2.08. The summed E-state index contributed by atoms with van der Waals surface area (Å²) >= 11 is 5.67. The van der Waals surface area contributed by atoms with Crippen LogP contribution in [0.1, 0.15) is 0 Å². The molecule has 0 atom stereocenters. The van der Waals surface area contributed by atoms with Gasteiger partial charge in [-0.25, -0.2) is 9.97 Å². The Balaban J connectivity index is 2.44. The molecule has 1 N–H and O–H groups in total. The average Bonchev–Trinajstić information content (AvgIpc) is 2.19. The molecule has 0 aromatic carbocycles. The van der Waals surface area contributed by atoms with Gasteiger partial charge in [0.25, 0.3) is 0 Å². The van der Waals surface area contributed by atoms with Gasteiger partial charge < -0.3 is 14.8 Å². The summed E-state index contributed by atoms with van der Waals surface area (Å²) < 4.78 is 9.98. The van der Waals surface area contributed by atoms with Crippen molar-refractivity contribution in [3.63, 3.8) is 0 Å². The topological polar surface area (TPSA) is 56.3 Å². The van der Waals surface area contributed by atoms with Crippen LogP contribution in [0.3, 0.4) is 0 Å². The van der Waals surface area contributed by atoms with Crippen molar-refractivity contribution in [3.05, 3.63) is 17.5 Å². The first kappa shape index (κ1) is 11.2. The van der Waals surface area contributed by atoms with E-state index in [2.05, 4.69) is 15.3 Å². The number of aromatic nitrogens is 2. The molecule has 0 saturated carbocycles. The molecule has 0 unspecified atom stereocenters. The normalized spacial score (nSPS) is 10.6. The first-order valence-electron chi connectivity index (χ1n) is 4.03. The zero-order valence-electron chi connectivity index (χ0n) is 8.03. The fourth-order valence-electron chi connectivity index (χ4n) is 0.881. The number of nitrogens with one attached hydrogen (secondary N) is 1. The van der Waals surface area contributed by atoms with E-state index in [1.807, 2.05) is 0 Å². The minimum absolute atomic E-state index is 0.302. The van der Waals surface area contributed by atoms with Crippen molar-refractivity contribution < 1.29 is 9.47 Å². The zero-order chi connectivity index (χ0) is 10.4. The van der Waals surface area contributed by atoms with Gasteiger partial charge in [0.2, 0.25) is 0 Å². The highest BCUT2D eigenvalue weighted by atomic mass is 35.5. The molecule has 0 radical (unpaired) electrons. The maximum Gasteiger partial charge on any atom is 0.173 e. The van der Waals surface area contributed by atoms with Crippen LogP contribution in [0.5, 0.6) is 0 Å². The second-order valence-electron chi connectivity index (χ2n) is 2.51. The highest BCUT2D eigenvalue weighted by Gasteiger charge is 2.04. The largest absolute Gasteiger partial charge is 0.365 e. The van der Waals surface area contributed by atoms with E-state index < -0.39 is 0 Å². The van der Waals surface area contributed by atoms with E-state index in [0.717, 1.165) is 0 Å². The smallest absolute Gasteiger partial charge is 0.173 e. The molecule has 78 valence electrons. The zero-order valence-corrected chi connectivity index (χ0v) is 8.78. The van der Waals surface area contributed by atoms with Crippen molar-refractivity contribution in [1.29, 1.82) is 0 Å². The third-order valence-corrected chi connectivity index (χ3v) is 1.82. The molecule has 0 aliphatic rings. The first-order chi connectivity index (χ1) is 6.76. The molecule has 5 nitrogen and oxygen atoms in total. The Morgan fingerprint density at radius 1 is 1.43 bits per heavy atom. The van der Waals surface area contributed by atoms with Gasteiger partial charge in [-0.1, -0.05) is 11.6 Å². The lowest BCUT2D eigenvalue weighted by Gasteiger charge is -2.14. The van der Waals surface area contributed by atoms with Gasteiger partial charge in [-0.3, -0.25) is 0 Å². The molecule has 1 aromatic heterocycles. The number of methoxy groups -OCH3 is 2. The van der Waals surface area contributed by atoms with Gasteiger partial charge in [-0.05, 0) is 0 Å². The van der Waals surface area contributed by atoms with Crippen molar-refractivity contribution in [2.24, 2.45) is 0 Å². The van der Waals surface area contributed by atoms with Crippen molar-refractivity contribution in [3.8, 4) is 0 Å². The minimum Gasteiger partial charge on any atom is -0.365 e. The van der Waals surface area contributed by atoms with Crippen LogP contribution in [-0.4, -0.2) is 37.0 Å². The number of ether oxygens (including phenoxy) is 2. The monoisotopic (exact) mass is 217 g/mol. The van der Waals surface area contributed by atoms with Crippen molar-refractivity contribution >= 4 is 17.4 Å². The van der Waals surface area contributed by atoms with E-state index in [4.69, 9.17) is 21.1 Å². The van der Waals surface area contributed by atoms with Crippen LogP contribution in [0.25, 0.3) is 0 Å². The number of anilines is 1. The predicted octanol–water partition coefficient (Wildman–Crippen LogP) is 1.16. The van der Waals surface area contributed by atoms with E-state index in [-0.39, 0.29) is 6.29 Å². The SMILES string of the molecule is COC(CNc1cc(Cl)ncn1)OC. The Morgan fingerprint density at radius 2 is 2.14 bits per heavy atom. The number of nitrogens with zero attached hydrogens (tertiary/aromatic N) is 2. The molecule has 0 spiro atoms. The van der Waals surface area contributed by atoms with E-state index in [0.29, 0.717) is 17.5 Å². The second kappa shape index (κ2) is 5.74. The fourth-order valence-corrected chi connectivity index (χ4v) is 1.03. The number of hydrogen-bond donors (Lipinski definition) is 1. The summed E-state index contributed by atoms with van der Waals surface area (Å²) in [6.45, 7) is 0.500. The molecule has 0 saturated heterocycles. The first-order valence-corrected chi connectivity index (χ1v) is 4.41.